The van der Waals surface area contributed by atoms with Gasteiger partial charge >= 0.3 is 0 Å². The average molecular weight is 325 g/mol. The summed E-state index contributed by atoms with van der Waals surface area (Å²) in [6.07, 6.45) is 4.73. The van der Waals surface area contributed by atoms with Crippen LogP contribution in [0.1, 0.15) is 30.9 Å². The van der Waals surface area contributed by atoms with Crippen molar-refractivity contribution in [3.63, 3.8) is 0 Å². The molecule has 0 bridgehead atoms. The lowest BCUT2D eigenvalue weighted by atomic mass is 9.92. The van der Waals surface area contributed by atoms with E-state index in [2.05, 4.69) is 17.4 Å². The molecule has 0 spiro atoms. The fourth-order valence-corrected chi connectivity index (χ4v) is 2.99. The molecule has 0 heterocycles. The molecule has 4 nitrogen and oxygen atoms in total. The molecule has 0 fully saturated rings. The lowest BCUT2D eigenvalue weighted by molar-refractivity contribution is -0.118. The first-order chi connectivity index (χ1) is 11.8. The third-order valence-electron chi connectivity index (χ3n) is 4.15. The second-order valence-corrected chi connectivity index (χ2v) is 5.90. The largest absolute Gasteiger partial charge is 0.492 e. The minimum absolute atomic E-state index is 0.0146. The smallest absolute Gasteiger partial charge is 0.262 e. The van der Waals surface area contributed by atoms with Crippen molar-refractivity contribution in [1.29, 1.82) is 0 Å². The van der Waals surface area contributed by atoms with Gasteiger partial charge in [-0.3, -0.25) is 4.79 Å². The molecule has 4 heteroatoms. The molecule has 0 saturated carbocycles. The molecular weight excluding hydrogens is 302 g/mol. The van der Waals surface area contributed by atoms with Crippen LogP contribution < -0.4 is 14.8 Å². The predicted octanol–water partition coefficient (Wildman–Crippen LogP) is 3.98. The standard InChI is InChI=1S/C20H23NO3/c1-2-23-19-10-6-5-9-18(19)21-20(22)14-24-17-12-11-15-7-3-4-8-16(15)13-17/h5-6,9-13H,2-4,7-8,14H2,1H3,(H,21,22). The van der Waals surface area contributed by atoms with Gasteiger partial charge in [-0.05, 0) is 68.0 Å². The van der Waals surface area contributed by atoms with Gasteiger partial charge in [0, 0.05) is 0 Å². The molecule has 0 atom stereocenters. The first-order valence-corrected chi connectivity index (χ1v) is 8.52. The van der Waals surface area contributed by atoms with E-state index < -0.39 is 0 Å². The van der Waals surface area contributed by atoms with E-state index in [1.165, 1.54) is 24.0 Å². The third-order valence-corrected chi connectivity index (χ3v) is 4.15. The summed E-state index contributed by atoms with van der Waals surface area (Å²) in [6.45, 7) is 2.45. The quantitative estimate of drug-likeness (QED) is 0.874. The van der Waals surface area contributed by atoms with Crippen molar-refractivity contribution >= 4 is 11.6 Å². The molecule has 0 unspecified atom stereocenters. The topological polar surface area (TPSA) is 47.6 Å². The van der Waals surface area contributed by atoms with Gasteiger partial charge in [0.15, 0.2) is 6.61 Å². The van der Waals surface area contributed by atoms with Crippen LogP contribution in [-0.2, 0) is 17.6 Å². The third kappa shape index (κ3) is 4.07. The highest BCUT2D eigenvalue weighted by molar-refractivity contribution is 5.93. The average Bonchev–Trinajstić information content (AvgIpc) is 2.62. The summed E-state index contributed by atoms with van der Waals surface area (Å²) in [5.41, 5.74) is 3.42. The Hall–Kier alpha value is -2.49. The molecule has 3 rings (SSSR count). The highest BCUT2D eigenvalue weighted by Crippen LogP contribution is 2.26. The van der Waals surface area contributed by atoms with Crippen molar-refractivity contribution in [3.05, 3.63) is 53.6 Å². The molecular formula is C20H23NO3. The molecule has 0 radical (unpaired) electrons. The fourth-order valence-electron chi connectivity index (χ4n) is 2.99. The molecule has 0 aromatic heterocycles. The van der Waals surface area contributed by atoms with Crippen LogP contribution in [0.2, 0.25) is 0 Å². The van der Waals surface area contributed by atoms with E-state index in [9.17, 15) is 4.79 Å². The van der Waals surface area contributed by atoms with Gasteiger partial charge in [0.05, 0.1) is 12.3 Å². The summed E-state index contributed by atoms with van der Waals surface area (Å²) in [7, 11) is 0. The minimum atomic E-state index is -0.195. The Kier molecular flexibility index (Phi) is 5.36. The number of carbonyl (C=O) groups is 1. The van der Waals surface area contributed by atoms with Crippen molar-refractivity contribution < 1.29 is 14.3 Å². The van der Waals surface area contributed by atoms with Crippen LogP contribution in [0.3, 0.4) is 0 Å². The molecule has 0 saturated heterocycles. The van der Waals surface area contributed by atoms with E-state index in [1.54, 1.807) is 0 Å². The fraction of sp³-hybridized carbons (Fsp3) is 0.350. The Morgan fingerprint density at radius 3 is 2.67 bits per heavy atom. The zero-order chi connectivity index (χ0) is 16.8. The van der Waals surface area contributed by atoms with Crippen molar-refractivity contribution in [1.82, 2.24) is 0 Å². The van der Waals surface area contributed by atoms with Crippen LogP contribution >= 0.6 is 0 Å². The normalized spacial score (nSPS) is 13.0. The van der Waals surface area contributed by atoms with Crippen LogP contribution in [-0.4, -0.2) is 19.1 Å². The maximum absolute atomic E-state index is 12.1. The first-order valence-electron chi connectivity index (χ1n) is 8.52. The molecule has 2 aromatic carbocycles. The summed E-state index contributed by atoms with van der Waals surface area (Å²) in [5, 5.41) is 2.84. The number of hydrogen-bond donors (Lipinski definition) is 1. The second-order valence-electron chi connectivity index (χ2n) is 5.90. The van der Waals surface area contributed by atoms with E-state index in [1.807, 2.05) is 37.3 Å². The lowest BCUT2D eigenvalue weighted by Crippen LogP contribution is -2.20. The van der Waals surface area contributed by atoms with E-state index in [0.717, 1.165) is 18.6 Å². The highest BCUT2D eigenvalue weighted by Gasteiger charge is 2.11. The molecule has 126 valence electrons. The zero-order valence-electron chi connectivity index (χ0n) is 14.0. The molecule has 1 aliphatic rings. The SMILES string of the molecule is CCOc1ccccc1NC(=O)COc1ccc2c(c1)CCCC2. The molecule has 24 heavy (non-hydrogen) atoms. The van der Waals surface area contributed by atoms with Gasteiger partial charge in [0.25, 0.3) is 5.91 Å². The lowest BCUT2D eigenvalue weighted by Gasteiger charge is -2.17. The summed E-state index contributed by atoms with van der Waals surface area (Å²) >= 11 is 0. The number of anilines is 1. The van der Waals surface area contributed by atoms with Crippen molar-refractivity contribution in [2.24, 2.45) is 0 Å². The van der Waals surface area contributed by atoms with E-state index in [4.69, 9.17) is 9.47 Å². The number of ether oxygens (including phenoxy) is 2. The van der Waals surface area contributed by atoms with Crippen molar-refractivity contribution in [3.8, 4) is 11.5 Å². The van der Waals surface area contributed by atoms with Crippen LogP contribution in [0.5, 0.6) is 11.5 Å². The molecule has 1 amide bonds. The Morgan fingerprint density at radius 1 is 1.04 bits per heavy atom. The van der Waals surface area contributed by atoms with Crippen LogP contribution in [0.25, 0.3) is 0 Å². The van der Waals surface area contributed by atoms with Gasteiger partial charge in [0.1, 0.15) is 11.5 Å². The summed E-state index contributed by atoms with van der Waals surface area (Å²) in [4.78, 5) is 12.1. The maximum Gasteiger partial charge on any atom is 0.262 e. The van der Waals surface area contributed by atoms with Crippen LogP contribution in [0.15, 0.2) is 42.5 Å². The van der Waals surface area contributed by atoms with Crippen LogP contribution in [0, 0.1) is 0 Å². The molecule has 1 aliphatic carbocycles. The monoisotopic (exact) mass is 325 g/mol. The number of aryl methyl sites for hydroxylation is 2. The number of carbonyl (C=O) groups excluding carboxylic acids is 1. The molecule has 1 N–H and O–H groups in total. The summed E-state index contributed by atoms with van der Waals surface area (Å²) < 4.78 is 11.2. The van der Waals surface area contributed by atoms with Crippen LogP contribution in [0.4, 0.5) is 5.69 Å². The van der Waals surface area contributed by atoms with Gasteiger partial charge < -0.3 is 14.8 Å². The van der Waals surface area contributed by atoms with Gasteiger partial charge in [-0.15, -0.1) is 0 Å². The number of amides is 1. The number of hydrogen-bond acceptors (Lipinski definition) is 3. The number of para-hydroxylation sites is 2. The Labute approximate surface area is 142 Å². The number of benzene rings is 2. The van der Waals surface area contributed by atoms with E-state index in [0.29, 0.717) is 18.0 Å². The van der Waals surface area contributed by atoms with Gasteiger partial charge in [-0.25, -0.2) is 0 Å². The van der Waals surface area contributed by atoms with E-state index in [-0.39, 0.29) is 12.5 Å². The van der Waals surface area contributed by atoms with Gasteiger partial charge in [-0.2, -0.15) is 0 Å². The Bertz CT molecular complexity index is 712. The highest BCUT2D eigenvalue weighted by atomic mass is 16.5. The number of fused-ring (bicyclic) bond motifs is 1. The number of nitrogens with one attached hydrogen (secondary N) is 1. The Morgan fingerprint density at radius 2 is 1.83 bits per heavy atom. The zero-order valence-corrected chi connectivity index (χ0v) is 14.0. The van der Waals surface area contributed by atoms with Crippen molar-refractivity contribution in [2.75, 3.05) is 18.5 Å². The molecule has 0 aliphatic heterocycles. The maximum atomic E-state index is 12.1. The van der Waals surface area contributed by atoms with Gasteiger partial charge in [0.2, 0.25) is 0 Å². The van der Waals surface area contributed by atoms with Gasteiger partial charge in [-0.1, -0.05) is 18.2 Å². The van der Waals surface area contributed by atoms with Crippen molar-refractivity contribution in [2.45, 2.75) is 32.6 Å². The second kappa shape index (κ2) is 7.86. The van der Waals surface area contributed by atoms with E-state index >= 15 is 0 Å². The minimum Gasteiger partial charge on any atom is -0.492 e. The summed E-state index contributed by atoms with van der Waals surface area (Å²) in [5.74, 6) is 1.23. The molecule has 2 aromatic rings. The number of rotatable bonds is 6. The Balaban J connectivity index is 1.58. The predicted molar refractivity (Wildman–Crippen MR) is 94.8 cm³/mol. The first kappa shape index (κ1) is 16.4. The summed E-state index contributed by atoms with van der Waals surface area (Å²) in [6, 6.07) is 13.5.